The van der Waals surface area contributed by atoms with E-state index >= 15 is 0 Å². The van der Waals surface area contributed by atoms with Gasteiger partial charge in [0.05, 0.1) is 10.7 Å². The van der Waals surface area contributed by atoms with E-state index in [0.29, 0.717) is 11.6 Å². The lowest BCUT2D eigenvalue weighted by molar-refractivity contribution is 0.735. The van der Waals surface area contributed by atoms with Gasteiger partial charge in [-0.05, 0) is 24.6 Å². The topological polar surface area (TPSA) is 42.1 Å². The van der Waals surface area contributed by atoms with Crippen molar-refractivity contribution in [2.24, 2.45) is 5.73 Å². The van der Waals surface area contributed by atoms with Gasteiger partial charge < -0.3 is 10.6 Å². The number of halogens is 1. The van der Waals surface area contributed by atoms with Crippen molar-refractivity contribution in [3.05, 3.63) is 59.4 Å². The van der Waals surface area contributed by atoms with Gasteiger partial charge in [-0.15, -0.1) is 0 Å². The summed E-state index contributed by atoms with van der Waals surface area (Å²) in [7, 11) is 0. The van der Waals surface area contributed by atoms with Crippen LogP contribution in [0.1, 0.15) is 12.0 Å². The van der Waals surface area contributed by atoms with E-state index < -0.39 is 0 Å². The van der Waals surface area contributed by atoms with Crippen LogP contribution >= 0.6 is 11.6 Å². The molecule has 100 valence electrons. The van der Waals surface area contributed by atoms with E-state index in [9.17, 15) is 0 Å². The molecule has 3 nitrogen and oxygen atoms in total. The Balaban J connectivity index is 2.19. The average molecular weight is 276 g/mol. The van der Waals surface area contributed by atoms with Crippen molar-refractivity contribution in [3.63, 3.8) is 0 Å². The monoisotopic (exact) mass is 275 g/mol. The van der Waals surface area contributed by atoms with E-state index in [4.69, 9.17) is 17.3 Å². The van der Waals surface area contributed by atoms with Crippen LogP contribution in [0.15, 0.2) is 48.8 Å². The maximum atomic E-state index is 6.23. The van der Waals surface area contributed by atoms with Crippen molar-refractivity contribution in [3.8, 4) is 0 Å². The summed E-state index contributed by atoms with van der Waals surface area (Å²) in [5.74, 6) is 0. The fourth-order valence-corrected chi connectivity index (χ4v) is 2.23. The van der Waals surface area contributed by atoms with E-state index in [1.54, 1.807) is 12.4 Å². The minimum absolute atomic E-state index is 0.675. The fraction of sp³-hybridized carbons (Fsp3) is 0.267. The Morgan fingerprint density at radius 2 is 1.95 bits per heavy atom. The molecule has 0 radical (unpaired) electrons. The molecule has 0 unspecified atom stereocenters. The van der Waals surface area contributed by atoms with Gasteiger partial charge in [-0.2, -0.15) is 0 Å². The summed E-state index contributed by atoms with van der Waals surface area (Å²) in [5, 5.41) is 0.676. The van der Waals surface area contributed by atoms with Crippen molar-refractivity contribution in [2.75, 3.05) is 18.0 Å². The number of nitrogens with zero attached hydrogens (tertiary/aromatic N) is 2. The van der Waals surface area contributed by atoms with Crippen LogP contribution in [0.3, 0.4) is 0 Å². The normalized spacial score (nSPS) is 10.4. The molecule has 4 heteroatoms. The van der Waals surface area contributed by atoms with Gasteiger partial charge in [0.1, 0.15) is 0 Å². The predicted molar refractivity (Wildman–Crippen MR) is 80.4 cm³/mol. The zero-order chi connectivity index (χ0) is 13.5. The number of benzene rings is 1. The molecule has 1 aromatic carbocycles. The van der Waals surface area contributed by atoms with Crippen molar-refractivity contribution >= 4 is 17.3 Å². The molecule has 2 N–H and O–H groups in total. The van der Waals surface area contributed by atoms with Crippen molar-refractivity contribution in [1.82, 2.24) is 4.98 Å². The summed E-state index contributed by atoms with van der Waals surface area (Å²) >= 11 is 6.23. The fourth-order valence-electron chi connectivity index (χ4n) is 1.99. The Morgan fingerprint density at radius 1 is 1.16 bits per heavy atom. The summed E-state index contributed by atoms with van der Waals surface area (Å²) in [6, 6.07) is 12.3. The second kappa shape index (κ2) is 7.12. The summed E-state index contributed by atoms with van der Waals surface area (Å²) in [6.45, 7) is 2.38. The molecular weight excluding hydrogens is 258 g/mol. The number of hydrogen-bond donors (Lipinski definition) is 1. The van der Waals surface area contributed by atoms with Crippen LogP contribution in [0.25, 0.3) is 0 Å². The molecule has 0 atom stereocenters. The Bertz CT molecular complexity index is 502. The molecule has 0 aliphatic heterocycles. The quantitative estimate of drug-likeness (QED) is 0.881. The number of hydrogen-bond acceptors (Lipinski definition) is 3. The zero-order valence-electron chi connectivity index (χ0n) is 10.8. The minimum Gasteiger partial charge on any atom is -0.366 e. The molecule has 2 aromatic rings. The molecule has 0 fully saturated rings. The number of rotatable bonds is 6. The SMILES string of the molecule is NCCCN(Cc1ccccc1)c1ccncc1Cl. The summed E-state index contributed by atoms with van der Waals surface area (Å²) in [5.41, 5.74) is 7.88. The first-order chi connectivity index (χ1) is 9.31. The Morgan fingerprint density at radius 3 is 2.63 bits per heavy atom. The molecule has 0 aliphatic carbocycles. The van der Waals surface area contributed by atoms with Gasteiger partial charge in [0.2, 0.25) is 0 Å². The molecule has 1 aromatic heterocycles. The molecule has 0 aliphatic rings. The lowest BCUT2D eigenvalue weighted by Gasteiger charge is -2.25. The molecule has 2 rings (SSSR count). The van der Waals surface area contributed by atoms with Crippen LogP contribution < -0.4 is 10.6 Å². The summed E-state index contributed by atoms with van der Waals surface area (Å²) < 4.78 is 0. The molecule has 1 heterocycles. The summed E-state index contributed by atoms with van der Waals surface area (Å²) in [4.78, 5) is 6.27. The first-order valence-electron chi connectivity index (χ1n) is 6.39. The predicted octanol–water partition coefficient (Wildman–Crippen LogP) is 3.09. The Kier molecular flexibility index (Phi) is 5.19. The van der Waals surface area contributed by atoms with Gasteiger partial charge in [0.15, 0.2) is 0 Å². The first kappa shape index (κ1) is 13.8. The van der Waals surface area contributed by atoms with Gasteiger partial charge in [-0.1, -0.05) is 41.9 Å². The van der Waals surface area contributed by atoms with Crippen molar-refractivity contribution in [2.45, 2.75) is 13.0 Å². The van der Waals surface area contributed by atoms with Crippen molar-refractivity contribution in [1.29, 1.82) is 0 Å². The van der Waals surface area contributed by atoms with Crippen LogP contribution in [-0.2, 0) is 6.54 Å². The van der Waals surface area contributed by atoms with Gasteiger partial charge in [0, 0.05) is 25.5 Å². The minimum atomic E-state index is 0.675. The number of aromatic nitrogens is 1. The second-order valence-electron chi connectivity index (χ2n) is 4.38. The highest BCUT2D eigenvalue weighted by atomic mass is 35.5. The van der Waals surface area contributed by atoms with E-state index in [2.05, 4.69) is 22.0 Å². The largest absolute Gasteiger partial charge is 0.366 e. The van der Waals surface area contributed by atoms with E-state index in [0.717, 1.165) is 25.2 Å². The lowest BCUT2D eigenvalue weighted by atomic mass is 10.2. The van der Waals surface area contributed by atoms with Crippen LogP contribution in [0.2, 0.25) is 5.02 Å². The van der Waals surface area contributed by atoms with Gasteiger partial charge in [0.25, 0.3) is 0 Å². The maximum absolute atomic E-state index is 6.23. The molecule has 0 amide bonds. The van der Waals surface area contributed by atoms with Crippen LogP contribution in [-0.4, -0.2) is 18.1 Å². The van der Waals surface area contributed by atoms with E-state index in [1.165, 1.54) is 5.56 Å². The number of nitrogens with two attached hydrogens (primary N) is 1. The molecule has 19 heavy (non-hydrogen) atoms. The third-order valence-corrected chi connectivity index (χ3v) is 3.23. The van der Waals surface area contributed by atoms with Gasteiger partial charge in [-0.25, -0.2) is 0 Å². The molecular formula is C15H18ClN3. The van der Waals surface area contributed by atoms with E-state index in [1.807, 2.05) is 24.3 Å². The van der Waals surface area contributed by atoms with Crippen LogP contribution in [0.4, 0.5) is 5.69 Å². The Labute approximate surface area is 119 Å². The average Bonchev–Trinajstić information content (AvgIpc) is 2.45. The third-order valence-electron chi connectivity index (χ3n) is 2.94. The summed E-state index contributed by atoms with van der Waals surface area (Å²) in [6.07, 6.45) is 4.38. The molecule has 0 bridgehead atoms. The highest BCUT2D eigenvalue weighted by Gasteiger charge is 2.10. The molecule has 0 saturated carbocycles. The van der Waals surface area contributed by atoms with Crippen LogP contribution in [0.5, 0.6) is 0 Å². The second-order valence-corrected chi connectivity index (χ2v) is 4.78. The third kappa shape index (κ3) is 3.94. The van der Waals surface area contributed by atoms with E-state index in [-0.39, 0.29) is 0 Å². The molecule has 0 saturated heterocycles. The highest BCUT2D eigenvalue weighted by molar-refractivity contribution is 6.33. The van der Waals surface area contributed by atoms with Crippen molar-refractivity contribution < 1.29 is 0 Å². The highest BCUT2D eigenvalue weighted by Crippen LogP contribution is 2.25. The van der Waals surface area contributed by atoms with Gasteiger partial charge in [-0.3, -0.25) is 4.98 Å². The molecule has 0 spiro atoms. The lowest BCUT2D eigenvalue weighted by Crippen LogP contribution is -2.26. The Hall–Kier alpha value is -1.58. The zero-order valence-corrected chi connectivity index (χ0v) is 11.6. The first-order valence-corrected chi connectivity index (χ1v) is 6.77. The number of pyridine rings is 1. The van der Waals surface area contributed by atoms with Gasteiger partial charge >= 0.3 is 0 Å². The standard InChI is InChI=1S/C15H18ClN3/c16-14-11-18-9-7-15(14)19(10-4-8-17)12-13-5-2-1-3-6-13/h1-3,5-7,9,11H,4,8,10,12,17H2. The van der Waals surface area contributed by atoms with Crippen LogP contribution in [0, 0.1) is 0 Å². The maximum Gasteiger partial charge on any atom is 0.0822 e. The smallest absolute Gasteiger partial charge is 0.0822 e. The number of anilines is 1.